The van der Waals surface area contributed by atoms with Crippen LogP contribution in [0.3, 0.4) is 0 Å². The predicted octanol–water partition coefficient (Wildman–Crippen LogP) is 1.80. The van der Waals surface area contributed by atoms with Gasteiger partial charge in [-0.15, -0.1) is 0 Å². The number of carbonyl (C=O) groups is 2. The van der Waals surface area contributed by atoms with E-state index in [9.17, 15) is 14.7 Å². The van der Waals surface area contributed by atoms with E-state index >= 15 is 0 Å². The Bertz CT molecular complexity index is 221. The molecule has 0 spiro atoms. The molecule has 0 aromatic heterocycles. The van der Waals surface area contributed by atoms with E-state index in [0.717, 1.165) is 19.3 Å². The molecule has 0 amide bonds. The van der Waals surface area contributed by atoms with Gasteiger partial charge in [0.25, 0.3) is 0 Å². The van der Waals surface area contributed by atoms with Crippen LogP contribution in [0.25, 0.3) is 0 Å². The van der Waals surface area contributed by atoms with Crippen molar-refractivity contribution in [2.45, 2.75) is 58.5 Å². The molecule has 0 saturated carbocycles. The summed E-state index contributed by atoms with van der Waals surface area (Å²) in [6, 6.07) is 0. The quantitative estimate of drug-likeness (QED) is 0.417. The fraction of sp³-hybridized carbons (Fsp3) is 0.818. The number of aliphatic hydroxyl groups is 1. The second-order valence-electron chi connectivity index (χ2n) is 3.85. The van der Waals surface area contributed by atoms with Crippen molar-refractivity contribution >= 4 is 11.9 Å². The Morgan fingerprint density at radius 2 is 1.87 bits per heavy atom. The maximum atomic E-state index is 11.2. The smallest absolute Gasteiger partial charge is 0.345 e. The Morgan fingerprint density at radius 1 is 1.27 bits per heavy atom. The van der Waals surface area contributed by atoms with Crippen molar-refractivity contribution in [2.75, 3.05) is 0 Å². The van der Waals surface area contributed by atoms with E-state index in [-0.39, 0.29) is 12.8 Å². The number of rotatable bonds is 6. The maximum absolute atomic E-state index is 11.2. The van der Waals surface area contributed by atoms with Crippen LogP contribution in [0.5, 0.6) is 0 Å². The molecule has 0 aromatic carbocycles. The third kappa shape index (κ3) is 5.52. The zero-order valence-electron chi connectivity index (χ0n) is 9.71. The van der Waals surface area contributed by atoms with Gasteiger partial charge in [-0.3, -0.25) is 4.79 Å². The standard InChI is InChI=1S/C11H20O4/c1-4-6-7-8-9(12)15-10(13)11(3,14)5-2/h14H,4-8H2,1-3H3. The first kappa shape index (κ1) is 14.1. The fourth-order valence-corrected chi connectivity index (χ4v) is 0.928. The highest BCUT2D eigenvalue weighted by atomic mass is 16.6. The van der Waals surface area contributed by atoms with Crippen molar-refractivity contribution in [1.82, 2.24) is 0 Å². The highest BCUT2D eigenvalue weighted by molar-refractivity contribution is 5.89. The van der Waals surface area contributed by atoms with Gasteiger partial charge in [0.2, 0.25) is 0 Å². The van der Waals surface area contributed by atoms with E-state index in [2.05, 4.69) is 4.74 Å². The predicted molar refractivity (Wildman–Crippen MR) is 56.2 cm³/mol. The summed E-state index contributed by atoms with van der Waals surface area (Å²) in [6.07, 6.45) is 3.13. The van der Waals surface area contributed by atoms with Gasteiger partial charge in [0.1, 0.15) is 0 Å². The minimum absolute atomic E-state index is 0.230. The second kappa shape index (κ2) is 6.56. The first-order chi connectivity index (χ1) is 6.94. The lowest BCUT2D eigenvalue weighted by Crippen LogP contribution is -2.37. The van der Waals surface area contributed by atoms with Crippen molar-refractivity contribution in [3.8, 4) is 0 Å². The molecule has 4 nitrogen and oxygen atoms in total. The average molecular weight is 216 g/mol. The SMILES string of the molecule is CCCCCC(=O)OC(=O)C(C)(O)CC. The van der Waals surface area contributed by atoms with Crippen LogP contribution in [0.15, 0.2) is 0 Å². The summed E-state index contributed by atoms with van der Waals surface area (Å²) in [5, 5.41) is 9.49. The van der Waals surface area contributed by atoms with Crippen LogP contribution in [-0.4, -0.2) is 22.6 Å². The molecule has 0 aliphatic heterocycles. The maximum Gasteiger partial charge on any atom is 0.345 e. The molecular weight excluding hydrogens is 196 g/mol. The van der Waals surface area contributed by atoms with Crippen LogP contribution >= 0.6 is 0 Å². The lowest BCUT2D eigenvalue weighted by Gasteiger charge is -2.17. The highest BCUT2D eigenvalue weighted by Gasteiger charge is 2.31. The van der Waals surface area contributed by atoms with E-state index in [1.807, 2.05) is 6.92 Å². The van der Waals surface area contributed by atoms with E-state index in [4.69, 9.17) is 0 Å². The van der Waals surface area contributed by atoms with Crippen LogP contribution < -0.4 is 0 Å². The molecular formula is C11H20O4. The van der Waals surface area contributed by atoms with Crippen molar-refractivity contribution < 1.29 is 19.4 Å². The molecule has 0 aromatic rings. The molecule has 4 heteroatoms. The molecule has 88 valence electrons. The molecule has 0 rings (SSSR count). The van der Waals surface area contributed by atoms with E-state index in [1.54, 1.807) is 6.92 Å². The Labute approximate surface area is 90.6 Å². The Hall–Kier alpha value is -0.900. The van der Waals surface area contributed by atoms with Gasteiger partial charge in [0.15, 0.2) is 5.60 Å². The van der Waals surface area contributed by atoms with Crippen LogP contribution in [0.4, 0.5) is 0 Å². The largest absolute Gasteiger partial charge is 0.391 e. The Morgan fingerprint density at radius 3 is 2.33 bits per heavy atom. The summed E-state index contributed by atoms with van der Waals surface area (Å²) in [4.78, 5) is 22.4. The van der Waals surface area contributed by atoms with Crippen molar-refractivity contribution in [3.05, 3.63) is 0 Å². The molecule has 1 unspecified atom stereocenters. The summed E-state index contributed by atoms with van der Waals surface area (Å²) in [6.45, 7) is 5.02. The summed E-state index contributed by atoms with van der Waals surface area (Å²) >= 11 is 0. The van der Waals surface area contributed by atoms with Gasteiger partial charge in [-0.05, 0) is 19.8 Å². The average Bonchev–Trinajstić information content (AvgIpc) is 2.18. The minimum atomic E-state index is -1.56. The zero-order chi connectivity index (χ0) is 11.9. The number of ether oxygens (including phenoxy) is 1. The monoisotopic (exact) mass is 216 g/mol. The van der Waals surface area contributed by atoms with Gasteiger partial charge in [-0.2, -0.15) is 0 Å². The van der Waals surface area contributed by atoms with Gasteiger partial charge in [0, 0.05) is 6.42 Å². The molecule has 0 bridgehead atoms. The van der Waals surface area contributed by atoms with Crippen molar-refractivity contribution in [2.24, 2.45) is 0 Å². The Kier molecular flexibility index (Phi) is 6.17. The molecule has 0 fully saturated rings. The summed E-state index contributed by atoms with van der Waals surface area (Å²) in [5.41, 5.74) is -1.56. The lowest BCUT2D eigenvalue weighted by molar-refractivity contribution is -0.173. The van der Waals surface area contributed by atoms with E-state index in [0.29, 0.717) is 0 Å². The minimum Gasteiger partial charge on any atom is -0.391 e. The summed E-state index contributed by atoms with van der Waals surface area (Å²) in [5.74, 6) is -1.41. The number of unbranched alkanes of at least 4 members (excludes halogenated alkanes) is 2. The molecule has 1 atom stereocenters. The highest BCUT2D eigenvalue weighted by Crippen LogP contribution is 2.11. The third-order valence-corrected chi connectivity index (χ3v) is 2.32. The number of esters is 2. The normalized spacial score (nSPS) is 14.4. The first-order valence-electron chi connectivity index (χ1n) is 5.41. The number of hydrogen-bond donors (Lipinski definition) is 1. The van der Waals surface area contributed by atoms with Crippen molar-refractivity contribution in [3.63, 3.8) is 0 Å². The zero-order valence-corrected chi connectivity index (χ0v) is 9.71. The molecule has 0 aliphatic rings. The van der Waals surface area contributed by atoms with E-state index in [1.165, 1.54) is 6.92 Å². The summed E-state index contributed by atoms with van der Waals surface area (Å²) < 4.78 is 4.52. The molecule has 0 heterocycles. The number of hydrogen-bond acceptors (Lipinski definition) is 4. The first-order valence-corrected chi connectivity index (χ1v) is 5.41. The van der Waals surface area contributed by atoms with Crippen LogP contribution in [0.1, 0.15) is 52.9 Å². The molecule has 0 radical (unpaired) electrons. The van der Waals surface area contributed by atoms with Gasteiger partial charge >= 0.3 is 11.9 Å². The molecule has 0 saturated heterocycles. The van der Waals surface area contributed by atoms with Gasteiger partial charge in [-0.25, -0.2) is 4.79 Å². The Balaban J connectivity index is 3.92. The number of carbonyl (C=O) groups excluding carboxylic acids is 2. The molecule has 15 heavy (non-hydrogen) atoms. The van der Waals surface area contributed by atoms with E-state index < -0.39 is 17.5 Å². The second-order valence-corrected chi connectivity index (χ2v) is 3.85. The van der Waals surface area contributed by atoms with Crippen LogP contribution in [-0.2, 0) is 14.3 Å². The van der Waals surface area contributed by atoms with Gasteiger partial charge < -0.3 is 9.84 Å². The topological polar surface area (TPSA) is 63.6 Å². The lowest BCUT2D eigenvalue weighted by atomic mass is 10.0. The van der Waals surface area contributed by atoms with Crippen molar-refractivity contribution in [1.29, 1.82) is 0 Å². The fourth-order valence-electron chi connectivity index (χ4n) is 0.928. The molecule has 0 aliphatic carbocycles. The van der Waals surface area contributed by atoms with Gasteiger partial charge in [0.05, 0.1) is 0 Å². The summed E-state index contributed by atoms with van der Waals surface area (Å²) in [7, 11) is 0. The van der Waals surface area contributed by atoms with Crippen LogP contribution in [0.2, 0.25) is 0 Å². The van der Waals surface area contributed by atoms with Gasteiger partial charge in [-0.1, -0.05) is 26.7 Å². The third-order valence-electron chi connectivity index (χ3n) is 2.32. The molecule has 1 N–H and O–H groups in total. The van der Waals surface area contributed by atoms with Crippen LogP contribution in [0, 0.1) is 0 Å².